The van der Waals surface area contributed by atoms with E-state index < -0.39 is 29.9 Å². The number of hydrogen-bond acceptors (Lipinski definition) is 2. The molecule has 1 saturated heterocycles. The first-order chi connectivity index (χ1) is 8.79. The topological polar surface area (TPSA) is 57.6 Å². The zero-order valence-electron chi connectivity index (χ0n) is 10.3. The van der Waals surface area contributed by atoms with Crippen molar-refractivity contribution < 1.29 is 27.9 Å². The Morgan fingerprint density at radius 1 is 1.11 bits per heavy atom. The van der Waals surface area contributed by atoms with Crippen molar-refractivity contribution in [1.82, 2.24) is 4.90 Å². The van der Waals surface area contributed by atoms with E-state index in [4.69, 9.17) is 5.11 Å². The maximum Gasteiger partial charge on any atom is 0.391 e. The van der Waals surface area contributed by atoms with Crippen LogP contribution in [0.4, 0.5) is 13.2 Å². The molecule has 0 aromatic heterocycles. The first kappa shape index (κ1) is 14.1. The molecule has 0 aromatic rings. The number of nitrogens with zero attached hydrogens (tertiary/aromatic N) is 1. The third-order valence-electron chi connectivity index (χ3n) is 4.03. The molecule has 2 rings (SSSR count). The molecule has 2 fully saturated rings. The maximum atomic E-state index is 12.6. The highest BCUT2D eigenvalue weighted by atomic mass is 19.4. The molecule has 108 valence electrons. The van der Waals surface area contributed by atoms with Crippen LogP contribution in [0, 0.1) is 17.8 Å². The number of likely N-dealkylation sites (tertiary alicyclic amines) is 1. The summed E-state index contributed by atoms with van der Waals surface area (Å²) in [4.78, 5) is 24.0. The minimum absolute atomic E-state index is 0.0883. The van der Waals surface area contributed by atoms with Crippen molar-refractivity contribution in [3.63, 3.8) is 0 Å². The average molecular weight is 279 g/mol. The maximum absolute atomic E-state index is 12.6. The Balaban J connectivity index is 1.88. The Hall–Kier alpha value is -1.27. The van der Waals surface area contributed by atoms with E-state index in [0.717, 1.165) is 0 Å². The van der Waals surface area contributed by atoms with Crippen LogP contribution >= 0.6 is 0 Å². The summed E-state index contributed by atoms with van der Waals surface area (Å²) in [5, 5.41) is 8.71. The Kier molecular flexibility index (Phi) is 3.73. The number of alkyl halides is 3. The SMILES string of the molecule is O=C(O)C1CN(C(=O)C2CCCC(C(F)(F)F)C2)C1. The van der Waals surface area contributed by atoms with Gasteiger partial charge in [0.2, 0.25) is 5.91 Å². The number of hydrogen-bond donors (Lipinski definition) is 1. The molecule has 0 spiro atoms. The third kappa shape index (κ3) is 3.01. The summed E-state index contributed by atoms with van der Waals surface area (Å²) < 4.78 is 37.9. The highest BCUT2D eigenvalue weighted by Crippen LogP contribution is 2.40. The van der Waals surface area contributed by atoms with Crippen LogP contribution in [0.15, 0.2) is 0 Å². The van der Waals surface area contributed by atoms with E-state index in [1.165, 1.54) is 4.90 Å². The fourth-order valence-electron chi connectivity index (χ4n) is 2.78. The van der Waals surface area contributed by atoms with Gasteiger partial charge in [0.15, 0.2) is 0 Å². The smallest absolute Gasteiger partial charge is 0.391 e. The van der Waals surface area contributed by atoms with Gasteiger partial charge in [0, 0.05) is 19.0 Å². The summed E-state index contributed by atoms with van der Waals surface area (Å²) in [6.07, 6.45) is -3.43. The first-order valence-corrected chi connectivity index (χ1v) is 6.37. The van der Waals surface area contributed by atoms with Gasteiger partial charge in [-0.2, -0.15) is 13.2 Å². The van der Waals surface area contributed by atoms with E-state index in [0.29, 0.717) is 12.8 Å². The molecular formula is C12H16F3NO3. The zero-order valence-corrected chi connectivity index (χ0v) is 10.3. The number of carbonyl (C=O) groups excluding carboxylic acids is 1. The number of aliphatic carboxylic acids is 1. The van der Waals surface area contributed by atoms with Crippen LogP contribution in [0.3, 0.4) is 0 Å². The predicted octanol–water partition coefficient (Wildman–Crippen LogP) is 1.90. The van der Waals surface area contributed by atoms with Gasteiger partial charge >= 0.3 is 12.1 Å². The molecule has 0 bridgehead atoms. The Labute approximate surface area is 108 Å². The van der Waals surface area contributed by atoms with E-state index in [-0.39, 0.29) is 31.8 Å². The van der Waals surface area contributed by atoms with Crippen molar-refractivity contribution in [1.29, 1.82) is 0 Å². The Morgan fingerprint density at radius 2 is 1.74 bits per heavy atom. The first-order valence-electron chi connectivity index (χ1n) is 6.37. The normalized spacial score (nSPS) is 28.9. The highest BCUT2D eigenvalue weighted by molar-refractivity contribution is 5.82. The average Bonchev–Trinajstić information content (AvgIpc) is 2.25. The molecule has 1 N–H and O–H groups in total. The molecule has 2 unspecified atom stereocenters. The van der Waals surface area contributed by atoms with E-state index in [1.54, 1.807) is 0 Å². The zero-order chi connectivity index (χ0) is 14.2. The second kappa shape index (κ2) is 5.02. The van der Waals surface area contributed by atoms with E-state index in [2.05, 4.69) is 0 Å². The minimum Gasteiger partial charge on any atom is -0.481 e. The molecule has 0 radical (unpaired) electrons. The molecule has 0 aromatic carbocycles. The summed E-state index contributed by atoms with van der Waals surface area (Å²) in [7, 11) is 0. The quantitative estimate of drug-likeness (QED) is 0.840. The molecule has 2 aliphatic rings. The molecule has 1 heterocycles. The standard InChI is InChI=1S/C12H16F3NO3/c13-12(14,15)9-3-1-2-7(4-9)10(17)16-5-8(6-16)11(18)19/h7-9H,1-6H2,(H,18,19). The monoisotopic (exact) mass is 279 g/mol. The molecule has 1 aliphatic heterocycles. The predicted molar refractivity (Wildman–Crippen MR) is 59.2 cm³/mol. The number of halogens is 3. The number of carboxylic acids is 1. The van der Waals surface area contributed by atoms with Crippen LogP contribution in [-0.4, -0.2) is 41.1 Å². The second-order valence-electron chi connectivity index (χ2n) is 5.38. The number of carboxylic acid groups (broad SMARTS) is 1. The third-order valence-corrected chi connectivity index (χ3v) is 4.03. The van der Waals surface area contributed by atoms with Gasteiger partial charge in [-0.1, -0.05) is 6.42 Å². The van der Waals surface area contributed by atoms with Crippen LogP contribution in [0.2, 0.25) is 0 Å². The van der Waals surface area contributed by atoms with Gasteiger partial charge in [0.05, 0.1) is 11.8 Å². The molecule has 1 aliphatic carbocycles. The van der Waals surface area contributed by atoms with Crippen molar-refractivity contribution in [2.75, 3.05) is 13.1 Å². The lowest BCUT2D eigenvalue weighted by Gasteiger charge is -2.40. The number of carbonyl (C=O) groups is 2. The van der Waals surface area contributed by atoms with E-state index in [1.807, 2.05) is 0 Å². The van der Waals surface area contributed by atoms with Gasteiger partial charge < -0.3 is 10.0 Å². The minimum atomic E-state index is -4.24. The van der Waals surface area contributed by atoms with E-state index in [9.17, 15) is 22.8 Å². The summed E-state index contributed by atoms with van der Waals surface area (Å²) in [6.45, 7) is 0.253. The van der Waals surface area contributed by atoms with Crippen LogP contribution in [0.5, 0.6) is 0 Å². The van der Waals surface area contributed by atoms with Crippen molar-refractivity contribution in [3.05, 3.63) is 0 Å². The summed E-state index contributed by atoms with van der Waals surface area (Å²) in [5.74, 6) is -3.83. The Morgan fingerprint density at radius 3 is 2.26 bits per heavy atom. The van der Waals surface area contributed by atoms with Crippen molar-refractivity contribution in [2.45, 2.75) is 31.9 Å². The van der Waals surface area contributed by atoms with Gasteiger partial charge in [-0.05, 0) is 19.3 Å². The van der Waals surface area contributed by atoms with Gasteiger partial charge in [-0.3, -0.25) is 9.59 Å². The number of rotatable bonds is 2. The largest absolute Gasteiger partial charge is 0.481 e. The van der Waals surface area contributed by atoms with Gasteiger partial charge in [-0.15, -0.1) is 0 Å². The molecule has 2 atom stereocenters. The van der Waals surface area contributed by atoms with Crippen LogP contribution < -0.4 is 0 Å². The lowest BCUT2D eigenvalue weighted by atomic mass is 9.79. The molecular weight excluding hydrogens is 263 g/mol. The molecule has 4 nitrogen and oxygen atoms in total. The summed E-state index contributed by atoms with van der Waals surface area (Å²) in [6, 6.07) is 0. The molecule has 1 amide bonds. The fourth-order valence-corrected chi connectivity index (χ4v) is 2.78. The van der Waals surface area contributed by atoms with Crippen LogP contribution in [-0.2, 0) is 9.59 Å². The summed E-state index contributed by atoms with van der Waals surface area (Å²) in [5.41, 5.74) is 0. The van der Waals surface area contributed by atoms with Crippen LogP contribution in [0.25, 0.3) is 0 Å². The van der Waals surface area contributed by atoms with Gasteiger partial charge in [-0.25, -0.2) is 0 Å². The summed E-state index contributed by atoms with van der Waals surface area (Å²) >= 11 is 0. The molecule has 19 heavy (non-hydrogen) atoms. The van der Waals surface area contributed by atoms with Crippen LogP contribution in [0.1, 0.15) is 25.7 Å². The molecule has 7 heteroatoms. The van der Waals surface area contributed by atoms with Gasteiger partial charge in [0.1, 0.15) is 0 Å². The number of amides is 1. The second-order valence-corrected chi connectivity index (χ2v) is 5.38. The lowest BCUT2D eigenvalue weighted by Crippen LogP contribution is -2.55. The fraction of sp³-hybridized carbons (Fsp3) is 0.833. The highest BCUT2D eigenvalue weighted by Gasteiger charge is 2.45. The van der Waals surface area contributed by atoms with Crippen molar-refractivity contribution >= 4 is 11.9 Å². The van der Waals surface area contributed by atoms with Crippen molar-refractivity contribution in [2.24, 2.45) is 17.8 Å². The van der Waals surface area contributed by atoms with Gasteiger partial charge in [0.25, 0.3) is 0 Å². The Bertz CT molecular complexity index is 377. The van der Waals surface area contributed by atoms with Crippen molar-refractivity contribution in [3.8, 4) is 0 Å². The lowest BCUT2D eigenvalue weighted by molar-refractivity contribution is -0.188. The van der Waals surface area contributed by atoms with E-state index >= 15 is 0 Å². The molecule has 1 saturated carbocycles.